The van der Waals surface area contributed by atoms with Crippen LogP contribution >= 0.6 is 0 Å². The fourth-order valence-corrected chi connectivity index (χ4v) is 2.61. The highest BCUT2D eigenvalue weighted by atomic mass is 16.5. The zero-order valence-electron chi connectivity index (χ0n) is 13.3. The Morgan fingerprint density at radius 2 is 1.83 bits per heavy atom. The zero-order valence-corrected chi connectivity index (χ0v) is 13.3. The summed E-state index contributed by atoms with van der Waals surface area (Å²) in [6, 6.07) is 1.67. The third kappa shape index (κ3) is 6.17. The lowest BCUT2D eigenvalue weighted by molar-refractivity contribution is 0.0716. The van der Waals surface area contributed by atoms with E-state index >= 15 is 0 Å². The largest absolute Gasteiger partial charge is 0.383 e. The summed E-state index contributed by atoms with van der Waals surface area (Å²) in [6.45, 7) is 11.0. The second-order valence-corrected chi connectivity index (χ2v) is 5.29. The maximum absolute atomic E-state index is 5.28. The number of nitrogens with zero attached hydrogens (tertiary/aromatic N) is 1. The van der Waals surface area contributed by atoms with E-state index in [1.165, 1.54) is 25.7 Å². The molecule has 3 atom stereocenters. The summed E-state index contributed by atoms with van der Waals surface area (Å²) in [4.78, 5) is 2.48. The Morgan fingerprint density at radius 1 is 1.17 bits per heavy atom. The minimum absolute atomic E-state index is 0.475. The van der Waals surface area contributed by atoms with E-state index in [1.807, 2.05) is 0 Å². The summed E-state index contributed by atoms with van der Waals surface area (Å²) in [6.07, 6.45) is 4.88. The molecule has 0 saturated carbocycles. The van der Waals surface area contributed by atoms with Gasteiger partial charge in [-0.3, -0.25) is 4.90 Å². The van der Waals surface area contributed by atoms with E-state index in [-0.39, 0.29) is 0 Å². The van der Waals surface area contributed by atoms with Crippen molar-refractivity contribution in [2.45, 2.75) is 71.5 Å². The van der Waals surface area contributed by atoms with Crippen LogP contribution in [-0.4, -0.2) is 50.3 Å². The van der Waals surface area contributed by atoms with Crippen molar-refractivity contribution in [3.8, 4) is 0 Å². The molecular weight excluding hydrogens is 224 g/mol. The summed E-state index contributed by atoms with van der Waals surface area (Å²) in [5.74, 6) is 0. The molecule has 0 aromatic heterocycles. The van der Waals surface area contributed by atoms with Gasteiger partial charge in [-0.05, 0) is 39.8 Å². The Morgan fingerprint density at radius 3 is 2.28 bits per heavy atom. The van der Waals surface area contributed by atoms with E-state index in [1.54, 1.807) is 7.11 Å². The van der Waals surface area contributed by atoms with Crippen LogP contribution in [0.4, 0.5) is 0 Å². The fourth-order valence-electron chi connectivity index (χ4n) is 2.61. The van der Waals surface area contributed by atoms with Crippen molar-refractivity contribution in [3.05, 3.63) is 0 Å². The normalized spacial score (nSPS) is 16.8. The van der Waals surface area contributed by atoms with Gasteiger partial charge in [-0.25, -0.2) is 0 Å². The predicted octanol–water partition coefficient (Wildman–Crippen LogP) is 2.90. The van der Waals surface area contributed by atoms with E-state index in [0.29, 0.717) is 18.1 Å². The van der Waals surface area contributed by atoms with Crippen LogP contribution in [0, 0.1) is 0 Å². The van der Waals surface area contributed by atoms with Gasteiger partial charge >= 0.3 is 0 Å². The molecule has 3 unspecified atom stereocenters. The van der Waals surface area contributed by atoms with Crippen LogP contribution in [0.1, 0.15) is 53.4 Å². The van der Waals surface area contributed by atoms with Crippen molar-refractivity contribution >= 4 is 0 Å². The molecule has 0 aliphatic rings. The van der Waals surface area contributed by atoms with Crippen molar-refractivity contribution in [1.29, 1.82) is 0 Å². The van der Waals surface area contributed by atoms with Gasteiger partial charge < -0.3 is 10.1 Å². The van der Waals surface area contributed by atoms with Gasteiger partial charge in [0.25, 0.3) is 0 Å². The maximum Gasteiger partial charge on any atom is 0.0615 e. The van der Waals surface area contributed by atoms with Gasteiger partial charge in [0.2, 0.25) is 0 Å². The highest BCUT2D eigenvalue weighted by Crippen LogP contribution is 2.15. The smallest absolute Gasteiger partial charge is 0.0615 e. The van der Waals surface area contributed by atoms with E-state index in [4.69, 9.17) is 4.74 Å². The number of ether oxygens (including phenoxy) is 1. The summed E-state index contributed by atoms with van der Waals surface area (Å²) in [7, 11) is 4.01. The first-order valence-electron chi connectivity index (χ1n) is 7.56. The van der Waals surface area contributed by atoms with Crippen LogP contribution in [0.5, 0.6) is 0 Å². The Kier molecular flexibility index (Phi) is 10.7. The first kappa shape index (κ1) is 17.9. The van der Waals surface area contributed by atoms with E-state index < -0.39 is 0 Å². The molecule has 3 nitrogen and oxygen atoms in total. The Balaban J connectivity index is 4.54. The fraction of sp³-hybridized carbons (Fsp3) is 1.00. The molecular formula is C15H34N2O. The van der Waals surface area contributed by atoms with Crippen LogP contribution in [0.25, 0.3) is 0 Å². The molecule has 110 valence electrons. The maximum atomic E-state index is 5.28. The second kappa shape index (κ2) is 10.8. The van der Waals surface area contributed by atoms with Crippen molar-refractivity contribution in [1.82, 2.24) is 10.2 Å². The second-order valence-electron chi connectivity index (χ2n) is 5.29. The molecule has 0 aliphatic carbocycles. The molecule has 0 rings (SSSR count). The molecule has 0 spiro atoms. The van der Waals surface area contributed by atoms with Gasteiger partial charge in [0.1, 0.15) is 0 Å². The first-order valence-corrected chi connectivity index (χ1v) is 7.56. The molecule has 0 bridgehead atoms. The molecule has 0 fully saturated rings. The average Bonchev–Trinajstić information content (AvgIpc) is 2.36. The first-order chi connectivity index (χ1) is 8.62. The summed E-state index contributed by atoms with van der Waals surface area (Å²) in [5.41, 5.74) is 0. The number of rotatable bonds is 11. The minimum atomic E-state index is 0.475. The number of likely N-dealkylation sites (N-methyl/N-ethyl adjacent to an activating group) is 1. The van der Waals surface area contributed by atoms with Crippen molar-refractivity contribution < 1.29 is 4.74 Å². The lowest BCUT2D eigenvalue weighted by Gasteiger charge is -2.38. The van der Waals surface area contributed by atoms with Crippen LogP contribution < -0.4 is 5.32 Å². The zero-order chi connectivity index (χ0) is 14.0. The molecule has 0 heterocycles. The van der Waals surface area contributed by atoms with E-state index in [9.17, 15) is 0 Å². The van der Waals surface area contributed by atoms with Crippen molar-refractivity contribution in [2.24, 2.45) is 0 Å². The van der Waals surface area contributed by atoms with Crippen LogP contribution in [0.2, 0.25) is 0 Å². The minimum Gasteiger partial charge on any atom is -0.383 e. The molecule has 3 heteroatoms. The topological polar surface area (TPSA) is 24.5 Å². The number of methoxy groups -OCH3 is 1. The van der Waals surface area contributed by atoms with E-state index in [0.717, 1.165) is 13.2 Å². The SMILES string of the molecule is CCCNC(CCC)C(CC)N(C)C(C)COC. The van der Waals surface area contributed by atoms with Gasteiger partial charge in [-0.15, -0.1) is 0 Å². The highest BCUT2D eigenvalue weighted by Gasteiger charge is 2.25. The lowest BCUT2D eigenvalue weighted by Crippen LogP contribution is -2.52. The Bertz CT molecular complexity index is 187. The molecule has 0 amide bonds. The predicted molar refractivity (Wildman–Crippen MR) is 80.2 cm³/mol. The van der Waals surface area contributed by atoms with Gasteiger partial charge in [-0.2, -0.15) is 0 Å². The van der Waals surface area contributed by atoms with Gasteiger partial charge in [0.15, 0.2) is 0 Å². The average molecular weight is 258 g/mol. The molecule has 0 saturated heterocycles. The molecule has 0 aromatic rings. The molecule has 0 aromatic carbocycles. The van der Waals surface area contributed by atoms with Crippen LogP contribution in [0.15, 0.2) is 0 Å². The number of hydrogen-bond donors (Lipinski definition) is 1. The van der Waals surface area contributed by atoms with Gasteiger partial charge in [-0.1, -0.05) is 27.2 Å². The van der Waals surface area contributed by atoms with Gasteiger partial charge in [0, 0.05) is 25.2 Å². The summed E-state index contributed by atoms with van der Waals surface area (Å²) >= 11 is 0. The van der Waals surface area contributed by atoms with Crippen molar-refractivity contribution in [2.75, 3.05) is 27.3 Å². The standard InChI is InChI=1S/C15H34N2O/c1-7-10-14(16-11-8-2)15(9-3)17(5)13(4)12-18-6/h13-16H,7-12H2,1-6H3. The van der Waals surface area contributed by atoms with Crippen molar-refractivity contribution in [3.63, 3.8) is 0 Å². The molecule has 0 radical (unpaired) electrons. The third-order valence-corrected chi connectivity index (χ3v) is 3.77. The number of hydrogen-bond acceptors (Lipinski definition) is 3. The third-order valence-electron chi connectivity index (χ3n) is 3.77. The highest BCUT2D eigenvalue weighted by molar-refractivity contribution is 4.84. The quantitative estimate of drug-likeness (QED) is 0.617. The van der Waals surface area contributed by atoms with Crippen LogP contribution in [0.3, 0.4) is 0 Å². The summed E-state index contributed by atoms with van der Waals surface area (Å²) < 4.78 is 5.28. The lowest BCUT2D eigenvalue weighted by atomic mass is 9.98. The van der Waals surface area contributed by atoms with E-state index in [2.05, 4.69) is 45.0 Å². The summed E-state index contributed by atoms with van der Waals surface area (Å²) in [5, 5.41) is 3.72. The van der Waals surface area contributed by atoms with Crippen LogP contribution in [-0.2, 0) is 4.74 Å². The van der Waals surface area contributed by atoms with Gasteiger partial charge in [0.05, 0.1) is 6.61 Å². The monoisotopic (exact) mass is 258 g/mol. The number of nitrogens with one attached hydrogen (secondary N) is 1. The Hall–Kier alpha value is -0.120. The Labute approximate surface area is 114 Å². The molecule has 0 aliphatic heterocycles. The molecule has 1 N–H and O–H groups in total. The molecule has 18 heavy (non-hydrogen) atoms.